The van der Waals surface area contributed by atoms with E-state index in [0.717, 1.165) is 6.54 Å². The third kappa shape index (κ3) is 7.68. The lowest BCUT2D eigenvalue weighted by Gasteiger charge is -2.12. The molecule has 6 heteroatoms. The van der Waals surface area contributed by atoms with Crippen molar-refractivity contribution in [1.29, 1.82) is 0 Å². The van der Waals surface area contributed by atoms with Gasteiger partial charge in [0.15, 0.2) is 0 Å². The van der Waals surface area contributed by atoms with Crippen molar-refractivity contribution >= 4 is 5.95 Å². The van der Waals surface area contributed by atoms with Crippen molar-refractivity contribution in [3.8, 4) is 12.0 Å². The Kier molecular flexibility index (Phi) is 7.19. The maximum absolute atomic E-state index is 5.58. The topological polar surface area (TPSA) is 69.2 Å². The third-order valence-electron chi connectivity index (χ3n) is 2.35. The number of hydrogen-bond acceptors (Lipinski definition) is 6. The summed E-state index contributed by atoms with van der Waals surface area (Å²) in [4.78, 5) is 12.7. The maximum Gasteiger partial charge on any atom is 0.324 e. The lowest BCUT2D eigenvalue weighted by molar-refractivity contribution is 0.225. The van der Waals surface area contributed by atoms with Crippen molar-refractivity contribution in [2.75, 3.05) is 25.1 Å². The van der Waals surface area contributed by atoms with Crippen molar-refractivity contribution < 1.29 is 9.47 Å². The predicted octanol–water partition coefficient (Wildman–Crippen LogP) is 3.01. The van der Waals surface area contributed by atoms with Crippen LogP contribution in [0.3, 0.4) is 0 Å². The van der Waals surface area contributed by atoms with E-state index in [9.17, 15) is 0 Å². The molecule has 0 radical (unpaired) electrons. The van der Waals surface area contributed by atoms with Crippen LogP contribution in [0.15, 0.2) is 0 Å². The van der Waals surface area contributed by atoms with E-state index in [1.54, 1.807) is 0 Å². The summed E-state index contributed by atoms with van der Waals surface area (Å²) in [6.45, 7) is 14.5. The Hall–Kier alpha value is -1.59. The molecule has 0 spiro atoms. The summed E-state index contributed by atoms with van der Waals surface area (Å²) < 4.78 is 11.2. The van der Waals surface area contributed by atoms with Gasteiger partial charge in [-0.2, -0.15) is 9.97 Å². The fourth-order valence-electron chi connectivity index (χ4n) is 1.32. The second kappa shape index (κ2) is 8.64. The first-order chi connectivity index (χ1) is 9.86. The minimum Gasteiger partial charge on any atom is -0.463 e. The zero-order valence-corrected chi connectivity index (χ0v) is 14.0. The Labute approximate surface area is 127 Å². The highest BCUT2D eigenvalue weighted by molar-refractivity contribution is 5.27. The van der Waals surface area contributed by atoms with Crippen molar-refractivity contribution in [2.24, 2.45) is 17.8 Å². The quantitative estimate of drug-likeness (QED) is 0.755. The largest absolute Gasteiger partial charge is 0.463 e. The maximum atomic E-state index is 5.58. The van der Waals surface area contributed by atoms with E-state index in [4.69, 9.17) is 9.47 Å². The predicted molar refractivity (Wildman–Crippen MR) is 83.8 cm³/mol. The van der Waals surface area contributed by atoms with Gasteiger partial charge in [-0.1, -0.05) is 41.5 Å². The Balaban J connectivity index is 2.79. The fraction of sp³-hybridized carbons (Fsp3) is 0.800. The molecular weight excluding hydrogens is 268 g/mol. The molecule has 0 atom stereocenters. The van der Waals surface area contributed by atoms with E-state index in [2.05, 4.69) is 61.8 Å². The molecule has 0 saturated carbocycles. The number of nitrogens with one attached hydrogen (secondary N) is 1. The number of hydrogen-bond donors (Lipinski definition) is 1. The molecule has 0 aliphatic carbocycles. The van der Waals surface area contributed by atoms with E-state index in [1.807, 2.05) is 0 Å². The molecule has 0 aromatic carbocycles. The van der Waals surface area contributed by atoms with Gasteiger partial charge in [-0.25, -0.2) is 0 Å². The van der Waals surface area contributed by atoms with Crippen LogP contribution in [0.1, 0.15) is 41.5 Å². The van der Waals surface area contributed by atoms with Crippen LogP contribution in [0.2, 0.25) is 0 Å². The van der Waals surface area contributed by atoms with Crippen LogP contribution in [-0.4, -0.2) is 34.7 Å². The number of anilines is 1. The van der Waals surface area contributed by atoms with Crippen molar-refractivity contribution in [2.45, 2.75) is 41.5 Å². The molecule has 1 aromatic heterocycles. The molecule has 0 amide bonds. The summed E-state index contributed by atoms with van der Waals surface area (Å²) >= 11 is 0. The Morgan fingerprint density at radius 2 is 1.24 bits per heavy atom. The highest BCUT2D eigenvalue weighted by Crippen LogP contribution is 2.15. The van der Waals surface area contributed by atoms with Gasteiger partial charge in [0.25, 0.3) is 0 Å². The van der Waals surface area contributed by atoms with Crippen LogP contribution in [0, 0.1) is 17.8 Å². The van der Waals surface area contributed by atoms with E-state index in [1.165, 1.54) is 0 Å². The molecule has 120 valence electrons. The number of rotatable bonds is 9. The Bertz CT molecular complexity index is 348. The van der Waals surface area contributed by atoms with Gasteiger partial charge in [-0.05, 0) is 17.8 Å². The highest BCUT2D eigenvalue weighted by atomic mass is 16.5. The van der Waals surface area contributed by atoms with Gasteiger partial charge in [0.2, 0.25) is 5.95 Å². The van der Waals surface area contributed by atoms with Crippen molar-refractivity contribution in [1.82, 2.24) is 15.0 Å². The van der Waals surface area contributed by atoms with E-state index < -0.39 is 0 Å². The molecule has 0 aliphatic heterocycles. The molecule has 1 rings (SSSR count). The van der Waals surface area contributed by atoms with Crippen LogP contribution in [0.5, 0.6) is 12.0 Å². The molecule has 1 N–H and O–H groups in total. The molecule has 0 bridgehead atoms. The monoisotopic (exact) mass is 296 g/mol. The summed E-state index contributed by atoms with van der Waals surface area (Å²) in [7, 11) is 0. The zero-order chi connectivity index (χ0) is 15.8. The van der Waals surface area contributed by atoms with Crippen molar-refractivity contribution in [3.63, 3.8) is 0 Å². The first kappa shape index (κ1) is 17.5. The van der Waals surface area contributed by atoms with Gasteiger partial charge < -0.3 is 14.8 Å². The SMILES string of the molecule is CC(C)CNc1nc(OCC(C)C)nc(OCC(C)C)n1. The van der Waals surface area contributed by atoms with Crippen LogP contribution < -0.4 is 14.8 Å². The molecule has 1 heterocycles. The van der Waals surface area contributed by atoms with E-state index in [-0.39, 0.29) is 0 Å². The van der Waals surface area contributed by atoms with Crippen LogP contribution >= 0.6 is 0 Å². The summed E-state index contributed by atoms with van der Waals surface area (Å²) in [6, 6.07) is 0.618. The molecule has 0 fully saturated rings. The summed E-state index contributed by atoms with van der Waals surface area (Å²) in [5, 5.41) is 3.18. The van der Waals surface area contributed by atoms with Gasteiger partial charge in [-0.3, -0.25) is 0 Å². The van der Waals surface area contributed by atoms with Gasteiger partial charge in [0.05, 0.1) is 13.2 Å². The van der Waals surface area contributed by atoms with Crippen LogP contribution in [0.25, 0.3) is 0 Å². The lowest BCUT2D eigenvalue weighted by atomic mass is 10.2. The smallest absolute Gasteiger partial charge is 0.324 e. The Morgan fingerprint density at radius 1 is 0.762 bits per heavy atom. The van der Waals surface area contributed by atoms with E-state index >= 15 is 0 Å². The lowest BCUT2D eigenvalue weighted by Crippen LogP contribution is -2.15. The molecule has 6 nitrogen and oxygen atoms in total. The van der Waals surface area contributed by atoms with E-state index in [0.29, 0.717) is 48.9 Å². The minimum absolute atomic E-state index is 0.309. The normalized spacial score (nSPS) is 11.3. The standard InChI is InChI=1S/C15H28N4O2/c1-10(2)7-16-13-17-14(20-8-11(3)4)19-15(18-13)21-9-12(5)6/h10-12H,7-9H2,1-6H3,(H,16,17,18,19). The van der Waals surface area contributed by atoms with Crippen LogP contribution in [0.4, 0.5) is 5.95 Å². The second-order valence-electron chi connectivity index (χ2n) is 6.41. The molecule has 1 aromatic rings. The zero-order valence-electron chi connectivity index (χ0n) is 14.0. The number of ether oxygens (including phenoxy) is 2. The summed E-state index contributed by atoms with van der Waals surface area (Å²) in [5.74, 6) is 1.82. The second-order valence-corrected chi connectivity index (χ2v) is 6.41. The minimum atomic E-state index is 0.309. The first-order valence-corrected chi connectivity index (χ1v) is 7.62. The molecular formula is C15H28N4O2. The Morgan fingerprint density at radius 3 is 1.62 bits per heavy atom. The highest BCUT2D eigenvalue weighted by Gasteiger charge is 2.10. The summed E-state index contributed by atoms with van der Waals surface area (Å²) in [5.41, 5.74) is 0. The molecule has 0 aliphatic rings. The van der Waals surface area contributed by atoms with Crippen LogP contribution in [-0.2, 0) is 0 Å². The molecule has 21 heavy (non-hydrogen) atoms. The number of nitrogens with zero attached hydrogens (tertiary/aromatic N) is 3. The first-order valence-electron chi connectivity index (χ1n) is 7.62. The van der Waals surface area contributed by atoms with Gasteiger partial charge >= 0.3 is 12.0 Å². The average Bonchev–Trinajstić information content (AvgIpc) is 2.40. The fourth-order valence-corrected chi connectivity index (χ4v) is 1.32. The van der Waals surface area contributed by atoms with Gasteiger partial charge in [0, 0.05) is 6.54 Å². The third-order valence-corrected chi connectivity index (χ3v) is 2.35. The molecule has 0 saturated heterocycles. The summed E-state index contributed by atoms with van der Waals surface area (Å²) in [6.07, 6.45) is 0. The average molecular weight is 296 g/mol. The van der Waals surface area contributed by atoms with Gasteiger partial charge in [0.1, 0.15) is 0 Å². The van der Waals surface area contributed by atoms with Gasteiger partial charge in [-0.15, -0.1) is 4.98 Å². The molecule has 0 unspecified atom stereocenters. The van der Waals surface area contributed by atoms with Crippen molar-refractivity contribution in [3.05, 3.63) is 0 Å². The number of aromatic nitrogens is 3.